The van der Waals surface area contributed by atoms with Crippen LogP contribution in [0.2, 0.25) is 0 Å². The summed E-state index contributed by atoms with van der Waals surface area (Å²) in [6.45, 7) is 17.6. The minimum atomic E-state index is 0.600. The maximum atomic E-state index is 4.30. The number of hydrogen-bond donors (Lipinski definition) is 2. The van der Waals surface area contributed by atoms with Crippen LogP contribution >= 0.6 is 0 Å². The van der Waals surface area contributed by atoms with Crippen molar-refractivity contribution >= 4 is 5.96 Å². The summed E-state index contributed by atoms with van der Waals surface area (Å²) < 4.78 is 0. The van der Waals surface area contributed by atoms with Crippen LogP contribution in [0, 0.1) is 0 Å². The molecule has 5 heteroatoms. The van der Waals surface area contributed by atoms with Crippen LogP contribution in [0.4, 0.5) is 0 Å². The van der Waals surface area contributed by atoms with Crippen molar-refractivity contribution in [2.45, 2.75) is 72.5 Å². The normalized spacial score (nSPS) is 14.2. The molecule has 138 valence electrons. The molecule has 0 aliphatic carbocycles. The van der Waals surface area contributed by atoms with Gasteiger partial charge in [-0.25, -0.2) is 0 Å². The Morgan fingerprint density at radius 3 is 2.00 bits per heavy atom. The number of nitrogens with zero attached hydrogens (tertiary/aromatic N) is 3. The molecule has 0 aromatic rings. The number of rotatable bonds is 11. The van der Waals surface area contributed by atoms with Gasteiger partial charge in [-0.1, -0.05) is 6.92 Å². The summed E-state index contributed by atoms with van der Waals surface area (Å²) in [5, 5.41) is 6.81. The summed E-state index contributed by atoms with van der Waals surface area (Å²) in [7, 11) is 4.01. The molecule has 0 spiro atoms. The van der Waals surface area contributed by atoms with Crippen molar-refractivity contribution < 1.29 is 0 Å². The molecule has 0 amide bonds. The number of nitrogens with one attached hydrogen (secondary N) is 2. The van der Waals surface area contributed by atoms with Crippen molar-refractivity contribution in [2.75, 3.05) is 40.3 Å². The van der Waals surface area contributed by atoms with E-state index in [-0.39, 0.29) is 0 Å². The summed E-state index contributed by atoms with van der Waals surface area (Å²) in [5.74, 6) is 0.906. The molecule has 0 rings (SSSR count). The molecule has 23 heavy (non-hydrogen) atoms. The van der Waals surface area contributed by atoms with Crippen LogP contribution in [-0.4, -0.2) is 74.2 Å². The summed E-state index contributed by atoms with van der Waals surface area (Å²) >= 11 is 0. The highest BCUT2D eigenvalue weighted by Gasteiger charge is 2.12. The van der Waals surface area contributed by atoms with Crippen LogP contribution in [0.1, 0.15) is 54.4 Å². The molecule has 0 heterocycles. The lowest BCUT2D eigenvalue weighted by atomic mass is 10.2. The standard InChI is InChI=1S/C18H41N5/c1-9-17(6)22(8)14-12-21-18(19-7)20-11-10-13-23(15(2)3)16(4)5/h15-17H,9-14H2,1-8H3,(H2,19,20,21). The van der Waals surface area contributed by atoms with Gasteiger partial charge in [-0.2, -0.15) is 0 Å². The Hall–Kier alpha value is -0.810. The first kappa shape index (κ1) is 22.2. The van der Waals surface area contributed by atoms with Gasteiger partial charge in [0.25, 0.3) is 0 Å². The second-order valence-electron chi connectivity index (χ2n) is 6.94. The van der Waals surface area contributed by atoms with Gasteiger partial charge in [-0.05, 0) is 54.5 Å². The maximum absolute atomic E-state index is 4.30. The van der Waals surface area contributed by atoms with E-state index in [4.69, 9.17) is 0 Å². The van der Waals surface area contributed by atoms with Gasteiger partial charge in [-0.15, -0.1) is 0 Å². The molecule has 0 fully saturated rings. The topological polar surface area (TPSA) is 42.9 Å². The zero-order chi connectivity index (χ0) is 17.8. The quantitative estimate of drug-likeness (QED) is 0.347. The molecule has 1 unspecified atom stereocenters. The van der Waals surface area contributed by atoms with Crippen molar-refractivity contribution in [3.63, 3.8) is 0 Å². The van der Waals surface area contributed by atoms with Gasteiger partial charge < -0.3 is 15.5 Å². The third-order valence-electron chi connectivity index (χ3n) is 4.54. The van der Waals surface area contributed by atoms with Gasteiger partial charge in [0.05, 0.1) is 0 Å². The Balaban J connectivity index is 3.95. The Morgan fingerprint density at radius 2 is 1.52 bits per heavy atom. The number of aliphatic imine (C=N–C) groups is 1. The largest absolute Gasteiger partial charge is 0.356 e. The lowest BCUT2D eigenvalue weighted by molar-refractivity contribution is 0.173. The van der Waals surface area contributed by atoms with E-state index in [2.05, 4.69) is 74.0 Å². The third kappa shape index (κ3) is 9.82. The summed E-state index contributed by atoms with van der Waals surface area (Å²) in [6.07, 6.45) is 2.31. The molecule has 0 aromatic carbocycles. The lowest BCUT2D eigenvalue weighted by Gasteiger charge is -2.30. The van der Waals surface area contributed by atoms with Gasteiger partial charge in [0.2, 0.25) is 0 Å². The van der Waals surface area contributed by atoms with E-state index in [0.29, 0.717) is 18.1 Å². The van der Waals surface area contributed by atoms with Crippen LogP contribution in [0.15, 0.2) is 4.99 Å². The van der Waals surface area contributed by atoms with Crippen LogP contribution in [0.5, 0.6) is 0 Å². The molecule has 5 nitrogen and oxygen atoms in total. The smallest absolute Gasteiger partial charge is 0.191 e. The molecule has 0 aliphatic heterocycles. The van der Waals surface area contributed by atoms with Gasteiger partial charge in [-0.3, -0.25) is 9.89 Å². The highest BCUT2D eigenvalue weighted by atomic mass is 15.2. The average molecular weight is 328 g/mol. The Kier molecular flexibility index (Phi) is 12.1. The van der Waals surface area contributed by atoms with Crippen LogP contribution in [0.25, 0.3) is 0 Å². The molecule has 0 bridgehead atoms. The molecule has 1 atom stereocenters. The molecule has 0 radical (unpaired) electrons. The zero-order valence-electron chi connectivity index (χ0n) is 16.8. The summed E-state index contributed by atoms with van der Waals surface area (Å²) in [4.78, 5) is 9.20. The number of likely N-dealkylation sites (N-methyl/N-ethyl adjacent to an activating group) is 1. The lowest BCUT2D eigenvalue weighted by Crippen LogP contribution is -2.43. The molecule has 0 saturated heterocycles. The van der Waals surface area contributed by atoms with E-state index >= 15 is 0 Å². The number of hydrogen-bond acceptors (Lipinski definition) is 3. The Bertz CT molecular complexity index is 307. The molecular formula is C18H41N5. The van der Waals surface area contributed by atoms with Gasteiger partial charge in [0.1, 0.15) is 0 Å². The first-order chi connectivity index (χ1) is 10.8. The Labute approximate surface area is 144 Å². The predicted molar refractivity (Wildman–Crippen MR) is 103 cm³/mol. The van der Waals surface area contributed by atoms with Crippen LogP contribution in [0.3, 0.4) is 0 Å². The van der Waals surface area contributed by atoms with Crippen LogP contribution in [-0.2, 0) is 0 Å². The van der Waals surface area contributed by atoms with Gasteiger partial charge >= 0.3 is 0 Å². The molecular weight excluding hydrogens is 286 g/mol. The molecule has 0 aromatic heterocycles. The van der Waals surface area contributed by atoms with E-state index in [0.717, 1.165) is 38.6 Å². The van der Waals surface area contributed by atoms with Crippen molar-refractivity contribution in [2.24, 2.45) is 4.99 Å². The number of guanidine groups is 1. The van der Waals surface area contributed by atoms with Gasteiger partial charge in [0, 0.05) is 51.4 Å². The second-order valence-corrected chi connectivity index (χ2v) is 6.94. The summed E-state index contributed by atoms with van der Waals surface area (Å²) in [6, 6.07) is 1.83. The summed E-state index contributed by atoms with van der Waals surface area (Å²) in [5.41, 5.74) is 0. The van der Waals surface area contributed by atoms with E-state index in [1.165, 1.54) is 6.42 Å². The predicted octanol–water partition coefficient (Wildman–Crippen LogP) is 2.39. The SMILES string of the molecule is CCC(C)N(C)CCNC(=NC)NCCCN(C(C)C)C(C)C. The van der Waals surface area contributed by atoms with Crippen LogP contribution < -0.4 is 10.6 Å². The minimum absolute atomic E-state index is 0.600. The van der Waals surface area contributed by atoms with Crippen molar-refractivity contribution in [1.29, 1.82) is 0 Å². The van der Waals surface area contributed by atoms with Crippen molar-refractivity contribution in [3.05, 3.63) is 0 Å². The second kappa shape index (κ2) is 12.6. The van der Waals surface area contributed by atoms with Crippen molar-refractivity contribution in [1.82, 2.24) is 20.4 Å². The van der Waals surface area contributed by atoms with E-state index in [9.17, 15) is 0 Å². The van der Waals surface area contributed by atoms with Crippen molar-refractivity contribution in [3.8, 4) is 0 Å². The third-order valence-corrected chi connectivity index (χ3v) is 4.54. The fraction of sp³-hybridized carbons (Fsp3) is 0.944. The zero-order valence-corrected chi connectivity index (χ0v) is 16.8. The highest BCUT2D eigenvalue weighted by molar-refractivity contribution is 5.79. The highest BCUT2D eigenvalue weighted by Crippen LogP contribution is 2.05. The maximum Gasteiger partial charge on any atom is 0.191 e. The minimum Gasteiger partial charge on any atom is -0.356 e. The molecule has 0 aliphatic rings. The van der Waals surface area contributed by atoms with E-state index in [1.807, 2.05) is 7.05 Å². The first-order valence-electron chi connectivity index (χ1n) is 9.23. The average Bonchev–Trinajstić information content (AvgIpc) is 2.50. The van der Waals surface area contributed by atoms with E-state index < -0.39 is 0 Å². The van der Waals surface area contributed by atoms with Gasteiger partial charge in [0.15, 0.2) is 5.96 Å². The molecule has 0 saturated carbocycles. The first-order valence-corrected chi connectivity index (χ1v) is 9.23. The molecule has 2 N–H and O–H groups in total. The van der Waals surface area contributed by atoms with E-state index in [1.54, 1.807) is 0 Å². The monoisotopic (exact) mass is 327 g/mol. The fourth-order valence-corrected chi connectivity index (χ4v) is 2.68. The Morgan fingerprint density at radius 1 is 0.957 bits per heavy atom. The fourth-order valence-electron chi connectivity index (χ4n) is 2.68.